The van der Waals surface area contributed by atoms with Gasteiger partial charge in [-0.05, 0) is 19.9 Å². The van der Waals surface area contributed by atoms with E-state index < -0.39 is 0 Å². The molecule has 0 aliphatic carbocycles. The van der Waals surface area contributed by atoms with E-state index in [2.05, 4.69) is 34.4 Å². The van der Waals surface area contributed by atoms with Gasteiger partial charge in [0.15, 0.2) is 5.79 Å². The number of rotatable bonds is 1. The molecule has 0 radical (unpaired) electrons. The van der Waals surface area contributed by atoms with Crippen LogP contribution in [0, 0.1) is 0 Å². The number of aliphatic imine (C=N–C) groups is 1. The molecule has 1 unspecified atom stereocenters. The van der Waals surface area contributed by atoms with Gasteiger partial charge in [0.25, 0.3) is 0 Å². The van der Waals surface area contributed by atoms with E-state index in [-0.39, 0.29) is 5.79 Å². The van der Waals surface area contributed by atoms with Crippen molar-refractivity contribution in [2.45, 2.75) is 19.6 Å². The zero-order valence-electron chi connectivity index (χ0n) is 8.88. The molecule has 4 nitrogen and oxygen atoms in total. The van der Waals surface area contributed by atoms with Crippen molar-refractivity contribution in [3.63, 3.8) is 0 Å². The van der Waals surface area contributed by atoms with Crippen molar-refractivity contribution in [1.82, 2.24) is 15.5 Å². The molecule has 2 aliphatic heterocycles. The van der Waals surface area contributed by atoms with Crippen LogP contribution < -0.4 is 10.6 Å². The first-order chi connectivity index (χ1) is 6.71. The van der Waals surface area contributed by atoms with Gasteiger partial charge in [0.1, 0.15) is 0 Å². The summed E-state index contributed by atoms with van der Waals surface area (Å²) >= 11 is 0. The largest absolute Gasteiger partial charge is 0.353 e. The average molecular weight is 194 g/mol. The van der Waals surface area contributed by atoms with Gasteiger partial charge >= 0.3 is 0 Å². The highest BCUT2D eigenvalue weighted by Crippen LogP contribution is 2.17. The van der Waals surface area contributed by atoms with Crippen molar-refractivity contribution in [1.29, 1.82) is 0 Å². The lowest BCUT2D eigenvalue weighted by atomic mass is 10.2. The number of hydrogen-bond acceptors (Lipinski definition) is 4. The van der Waals surface area contributed by atoms with Crippen LogP contribution in [-0.2, 0) is 0 Å². The van der Waals surface area contributed by atoms with E-state index in [1.807, 2.05) is 12.3 Å². The third-order valence-corrected chi connectivity index (χ3v) is 2.82. The molecule has 2 rings (SSSR count). The Labute approximate surface area is 85.1 Å². The summed E-state index contributed by atoms with van der Waals surface area (Å²) < 4.78 is 0. The average Bonchev–Trinajstić information content (AvgIpc) is 2.19. The number of hydrogen-bond donors (Lipinski definition) is 2. The maximum atomic E-state index is 4.52. The second-order valence-corrected chi connectivity index (χ2v) is 4.01. The number of nitrogens with zero attached hydrogens (tertiary/aromatic N) is 2. The Kier molecular flexibility index (Phi) is 2.56. The predicted octanol–water partition coefficient (Wildman–Crippen LogP) is 0.143. The van der Waals surface area contributed by atoms with Gasteiger partial charge in [0.05, 0.1) is 0 Å². The van der Waals surface area contributed by atoms with E-state index in [0.717, 1.165) is 26.2 Å². The smallest absolute Gasteiger partial charge is 0.184 e. The van der Waals surface area contributed by atoms with Crippen molar-refractivity contribution < 1.29 is 0 Å². The highest BCUT2D eigenvalue weighted by Gasteiger charge is 2.32. The molecule has 1 atom stereocenters. The summed E-state index contributed by atoms with van der Waals surface area (Å²) in [5, 5.41) is 6.77. The molecular formula is C10H18N4. The van der Waals surface area contributed by atoms with Gasteiger partial charge in [-0.25, -0.2) is 0 Å². The van der Waals surface area contributed by atoms with Crippen LogP contribution in [0.5, 0.6) is 0 Å². The topological polar surface area (TPSA) is 39.7 Å². The van der Waals surface area contributed by atoms with Gasteiger partial charge < -0.3 is 10.6 Å². The van der Waals surface area contributed by atoms with Crippen LogP contribution in [0.2, 0.25) is 0 Å². The second-order valence-electron chi connectivity index (χ2n) is 4.01. The SMILES string of the molecule is CC1=CC=NC(C)(N2CCNCC2)N1. The van der Waals surface area contributed by atoms with Crippen LogP contribution in [0.4, 0.5) is 0 Å². The normalized spacial score (nSPS) is 33.7. The Morgan fingerprint density at radius 2 is 2.14 bits per heavy atom. The van der Waals surface area contributed by atoms with E-state index in [4.69, 9.17) is 0 Å². The van der Waals surface area contributed by atoms with E-state index in [9.17, 15) is 0 Å². The van der Waals surface area contributed by atoms with Gasteiger partial charge in [0.2, 0.25) is 0 Å². The second kappa shape index (κ2) is 3.71. The van der Waals surface area contributed by atoms with Crippen LogP contribution in [0.1, 0.15) is 13.8 Å². The van der Waals surface area contributed by atoms with Crippen LogP contribution in [0.15, 0.2) is 16.8 Å². The van der Waals surface area contributed by atoms with E-state index in [1.165, 1.54) is 5.70 Å². The Morgan fingerprint density at radius 3 is 2.79 bits per heavy atom. The lowest BCUT2D eigenvalue weighted by Crippen LogP contribution is -2.60. The Bertz CT molecular complexity index is 265. The predicted molar refractivity (Wildman–Crippen MR) is 58.2 cm³/mol. The molecule has 2 aliphatic rings. The molecule has 78 valence electrons. The van der Waals surface area contributed by atoms with Gasteiger partial charge in [-0.3, -0.25) is 9.89 Å². The third-order valence-electron chi connectivity index (χ3n) is 2.82. The molecule has 1 saturated heterocycles. The van der Waals surface area contributed by atoms with Gasteiger partial charge in [0, 0.05) is 38.1 Å². The van der Waals surface area contributed by atoms with Crippen molar-refractivity contribution >= 4 is 6.21 Å². The fourth-order valence-corrected chi connectivity index (χ4v) is 2.00. The quantitative estimate of drug-likeness (QED) is 0.624. The summed E-state index contributed by atoms with van der Waals surface area (Å²) in [5.74, 6) is -0.235. The van der Waals surface area contributed by atoms with Crippen LogP contribution in [0.3, 0.4) is 0 Å². The zero-order valence-corrected chi connectivity index (χ0v) is 8.88. The Morgan fingerprint density at radius 1 is 1.43 bits per heavy atom. The first-order valence-corrected chi connectivity index (χ1v) is 5.17. The summed E-state index contributed by atoms with van der Waals surface area (Å²) in [4.78, 5) is 6.89. The molecule has 1 fully saturated rings. The van der Waals surface area contributed by atoms with Gasteiger partial charge in [-0.1, -0.05) is 0 Å². The molecule has 0 bridgehead atoms. The summed E-state index contributed by atoms with van der Waals surface area (Å²) in [5.41, 5.74) is 1.18. The van der Waals surface area contributed by atoms with E-state index in [1.54, 1.807) is 0 Å². The molecule has 0 saturated carbocycles. The minimum Gasteiger partial charge on any atom is -0.353 e. The van der Waals surface area contributed by atoms with Gasteiger partial charge in [-0.15, -0.1) is 0 Å². The summed E-state index contributed by atoms with van der Waals surface area (Å²) in [6.45, 7) is 8.41. The first-order valence-electron chi connectivity index (χ1n) is 5.17. The Balaban J connectivity index is 2.08. The van der Waals surface area contributed by atoms with Crippen molar-refractivity contribution in [3.8, 4) is 0 Å². The molecule has 4 heteroatoms. The number of allylic oxidation sites excluding steroid dienone is 2. The maximum absolute atomic E-state index is 4.52. The van der Waals surface area contributed by atoms with Gasteiger partial charge in [-0.2, -0.15) is 0 Å². The summed E-state index contributed by atoms with van der Waals surface area (Å²) in [7, 11) is 0. The first kappa shape index (κ1) is 9.68. The molecule has 2 heterocycles. The van der Waals surface area contributed by atoms with E-state index in [0.29, 0.717) is 0 Å². The van der Waals surface area contributed by atoms with Crippen molar-refractivity contribution in [2.24, 2.45) is 4.99 Å². The molecule has 0 aromatic carbocycles. The molecule has 14 heavy (non-hydrogen) atoms. The minimum absolute atomic E-state index is 0.235. The van der Waals surface area contributed by atoms with Crippen LogP contribution >= 0.6 is 0 Å². The standard InChI is InChI=1S/C10H18N4/c1-9-3-4-12-10(2,13-9)14-7-5-11-6-8-14/h3-4,11,13H,5-8H2,1-2H3. The molecule has 2 N–H and O–H groups in total. The van der Waals surface area contributed by atoms with E-state index >= 15 is 0 Å². The summed E-state index contributed by atoms with van der Waals surface area (Å²) in [6, 6.07) is 0. The maximum Gasteiger partial charge on any atom is 0.184 e. The van der Waals surface area contributed by atoms with Crippen molar-refractivity contribution in [3.05, 3.63) is 11.8 Å². The lowest BCUT2D eigenvalue weighted by molar-refractivity contribution is 0.0737. The molecular weight excluding hydrogens is 176 g/mol. The fraction of sp³-hybridized carbons (Fsp3) is 0.700. The number of piperazine rings is 1. The van der Waals surface area contributed by atoms with Crippen LogP contribution in [0.25, 0.3) is 0 Å². The fourth-order valence-electron chi connectivity index (χ4n) is 2.00. The molecule has 0 aromatic heterocycles. The highest BCUT2D eigenvalue weighted by atomic mass is 15.4. The monoisotopic (exact) mass is 194 g/mol. The van der Waals surface area contributed by atoms with Crippen LogP contribution in [-0.4, -0.2) is 43.1 Å². The zero-order chi connectivity index (χ0) is 10.0. The number of nitrogens with one attached hydrogen (secondary N) is 2. The Hall–Kier alpha value is -0.870. The summed E-state index contributed by atoms with van der Waals surface area (Å²) in [6.07, 6.45) is 3.90. The third kappa shape index (κ3) is 1.81. The minimum atomic E-state index is -0.235. The highest BCUT2D eigenvalue weighted by molar-refractivity contribution is 5.73. The van der Waals surface area contributed by atoms with Crippen molar-refractivity contribution in [2.75, 3.05) is 26.2 Å². The lowest BCUT2D eigenvalue weighted by Gasteiger charge is -2.42. The molecule has 0 spiro atoms. The molecule has 0 amide bonds. The molecule has 0 aromatic rings.